The van der Waals surface area contributed by atoms with Crippen LogP contribution in [0, 0.1) is 5.92 Å². The maximum absolute atomic E-state index is 6.01. The first kappa shape index (κ1) is 14.9. The van der Waals surface area contributed by atoms with Gasteiger partial charge in [-0.2, -0.15) is 16.7 Å². The summed E-state index contributed by atoms with van der Waals surface area (Å²) in [4.78, 5) is 4.60. The average molecular weight is 283 g/mol. The van der Waals surface area contributed by atoms with Crippen molar-refractivity contribution in [1.82, 2.24) is 10.1 Å². The van der Waals surface area contributed by atoms with Crippen LogP contribution in [-0.2, 0) is 11.2 Å². The predicted octanol–water partition coefficient (Wildman–Crippen LogP) is 3.12. The minimum atomic E-state index is -0.0692. The summed E-state index contributed by atoms with van der Waals surface area (Å²) >= 11 is 1.83. The summed E-state index contributed by atoms with van der Waals surface area (Å²) in [6.07, 6.45) is 4.55. The molecule has 0 radical (unpaired) electrons. The Morgan fingerprint density at radius 3 is 2.68 bits per heavy atom. The van der Waals surface area contributed by atoms with Gasteiger partial charge in [0.25, 0.3) is 0 Å². The second-order valence-corrected chi connectivity index (χ2v) is 7.61. The molecule has 1 fully saturated rings. The summed E-state index contributed by atoms with van der Waals surface area (Å²) in [6.45, 7) is 7.27. The third kappa shape index (κ3) is 3.51. The van der Waals surface area contributed by atoms with Crippen LogP contribution in [-0.4, -0.2) is 21.9 Å². The molecule has 19 heavy (non-hydrogen) atoms. The van der Waals surface area contributed by atoms with Crippen molar-refractivity contribution in [2.45, 2.75) is 62.9 Å². The second kappa shape index (κ2) is 6.27. The first-order valence-corrected chi connectivity index (χ1v) is 8.25. The lowest BCUT2D eigenvalue weighted by Crippen LogP contribution is -2.39. The molecule has 2 N–H and O–H groups in total. The van der Waals surface area contributed by atoms with Gasteiger partial charge >= 0.3 is 0 Å². The second-order valence-electron chi connectivity index (χ2n) is 6.04. The average Bonchev–Trinajstić information content (AvgIpc) is 2.87. The zero-order chi connectivity index (χ0) is 13.9. The minimum Gasteiger partial charge on any atom is -0.339 e. The lowest BCUT2D eigenvalue weighted by Gasteiger charge is -2.35. The molecule has 1 aromatic rings. The number of aromatic nitrogens is 2. The highest BCUT2D eigenvalue weighted by atomic mass is 32.2. The molecule has 0 bridgehead atoms. The van der Waals surface area contributed by atoms with Gasteiger partial charge in [0, 0.05) is 6.54 Å². The van der Waals surface area contributed by atoms with Crippen LogP contribution in [0.25, 0.3) is 0 Å². The highest BCUT2D eigenvalue weighted by Crippen LogP contribution is 2.40. The van der Waals surface area contributed by atoms with Crippen molar-refractivity contribution in [3.8, 4) is 0 Å². The molecule has 0 spiro atoms. The molecule has 0 unspecified atom stereocenters. The fraction of sp³-hybridized carbons (Fsp3) is 0.857. The maximum Gasteiger partial charge on any atom is 0.234 e. The van der Waals surface area contributed by atoms with Gasteiger partial charge < -0.3 is 10.3 Å². The Bertz CT molecular complexity index is 397. The van der Waals surface area contributed by atoms with E-state index >= 15 is 0 Å². The van der Waals surface area contributed by atoms with Gasteiger partial charge in [0.1, 0.15) is 0 Å². The lowest BCUT2D eigenvalue weighted by atomic mass is 9.71. The number of rotatable bonds is 5. The lowest BCUT2D eigenvalue weighted by molar-refractivity contribution is 0.191. The van der Waals surface area contributed by atoms with Gasteiger partial charge in [-0.3, -0.25) is 0 Å². The monoisotopic (exact) mass is 283 g/mol. The van der Waals surface area contributed by atoms with Gasteiger partial charge in [-0.15, -0.1) is 0 Å². The maximum atomic E-state index is 6.01. The van der Waals surface area contributed by atoms with E-state index in [1.165, 1.54) is 12.8 Å². The van der Waals surface area contributed by atoms with Crippen LogP contribution in [0.2, 0.25) is 0 Å². The Kier molecular flexibility index (Phi) is 4.90. The van der Waals surface area contributed by atoms with Crippen molar-refractivity contribution in [3.63, 3.8) is 0 Å². The summed E-state index contributed by atoms with van der Waals surface area (Å²) in [5.74, 6) is 3.18. The zero-order valence-corrected chi connectivity index (χ0v) is 13.0. The van der Waals surface area contributed by atoms with Crippen LogP contribution in [0.15, 0.2) is 4.52 Å². The molecule has 2 rings (SSSR count). The van der Waals surface area contributed by atoms with Crippen molar-refractivity contribution in [1.29, 1.82) is 0 Å². The molecular formula is C14H25N3OS. The molecule has 1 saturated carbocycles. The van der Waals surface area contributed by atoms with Gasteiger partial charge in [0.15, 0.2) is 5.82 Å². The molecule has 0 saturated heterocycles. The molecule has 1 heterocycles. The molecule has 0 aliphatic heterocycles. The predicted molar refractivity (Wildman–Crippen MR) is 79.1 cm³/mol. The third-order valence-corrected chi connectivity index (χ3v) is 5.18. The fourth-order valence-corrected chi connectivity index (χ4v) is 3.19. The SMILES string of the molecule is CC1CCC(CN)(c2nc(CSC(C)C)no2)CC1. The molecule has 0 atom stereocenters. The van der Waals surface area contributed by atoms with Crippen LogP contribution in [0.4, 0.5) is 0 Å². The molecule has 5 heteroatoms. The fourth-order valence-electron chi connectivity index (χ4n) is 2.59. The standard InChI is InChI=1S/C14H25N3OS/c1-10(2)19-8-12-16-13(18-17-12)14(9-15)6-4-11(3)5-7-14/h10-11H,4-9,15H2,1-3H3. The van der Waals surface area contributed by atoms with Crippen molar-refractivity contribution in [2.75, 3.05) is 6.54 Å². The van der Waals surface area contributed by atoms with E-state index in [4.69, 9.17) is 10.3 Å². The number of hydrogen-bond acceptors (Lipinski definition) is 5. The third-order valence-electron chi connectivity index (χ3n) is 4.09. The molecule has 0 aromatic carbocycles. The number of hydrogen-bond donors (Lipinski definition) is 1. The van der Waals surface area contributed by atoms with Gasteiger partial charge in [-0.1, -0.05) is 25.9 Å². The Labute approximate surface area is 119 Å². The Morgan fingerprint density at radius 2 is 2.11 bits per heavy atom. The van der Waals surface area contributed by atoms with Gasteiger partial charge in [-0.25, -0.2) is 0 Å². The van der Waals surface area contributed by atoms with E-state index < -0.39 is 0 Å². The largest absolute Gasteiger partial charge is 0.339 e. The highest BCUT2D eigenvalue weighted by molar-refractivity contribution is 7.99. The summed E-state index contributed by atoms with van der Waals surface area (Å²) in [5.41, 5.74) is 5.94. The van der Waals surface area contributed by atoms with E-state index in [1.54, 1.807) is 0 Å². The molecule has 1 aliphatic rings. The van der Waals surface area contributed by atoms with Gasteiger partial charge in [0.2, 0.25) is 5.89 Å². The quantitative estimate of drug-likeness (QED) is 0.899. The molecule has 108 valence electrons. The number of thioether (sulfide) groups is 1. The first-order chi connectivity index (χ1) is 9.05. The van der Waals surface area contributed by atoms with E-state index in [-0.39, 0.29) is 5.41 Å². The highest BCUT2D eigenvalue weighted by Gasteiger charge is 2.39. The van der Waals surface area contributed by atoms with Crippen LogP contribution < -0.4 is 5.73 Å². The van der Waals surface area contributed by atoms with E-state index in [1.807, 2.05) is 11.8 Å². The Hall–Kier alpha value is -0.550. The van der Waals surface area contributed by atoms with E-state index in [0.717, 1.165) is 36.2 Å². The van der Waals surface area contributed by atoms with Crippen LogP contribution in [0.3, 0.4) is 0 Å². The summed E-state index contributed by atoms with van der Waals surface area (Å²) < 4.78 is 5.51. The first-order valence-electron chi connectivity index (χ1n) is 7.20. The Balaban J connectivity index is 2.07. The number of nitrogens with zero attached hydrogens (tertiary/aromatic N) is 2. The molecule has 4 nitrogen and oxygen atoms in total. The van der Waals surface area contributed by atoms with Crippen LogP contribution in [0.5, 0.6) is 0 Å². The van der Waals surface area contributed by atoms with Crippen molar-refractivity contribution in [3.05, 3.63) is 11.7 Å². The van der Waals surface area contributed by atoms with E-state index in [2.05, 4.69) is 30.9 Å². The van der Waals surface area contributed by atoms with Crippen molar-refractivity contribution < 1.29 is 4.52 Å². The summed E-state index contributed by atoms with van der Waals surface area (Å²) in [5, 5.41) is 4.70. The Morgan fingerprint density at radius 1 is 1.42 bits per heavy atom. The van der Waals surface area contributed by atoms with E-state index in [9.17, 15) is 0 Å². The van der Waals surface area contributed by atoms with Crippen LogP contribution >= 0.6 is 11.8 Å². The molecule has 1 aromatic heterocycles. The summed E-state index contributed by atoms with van der Waals surface area (Å²) in [7, 11) is 0. The van der Waals surface area contributed by atoms with Crippen LogP contribution in [0.1, 0.15) is 58.2 Å². The molecule has 0 amide bonds. The molecule has 1 aliphatic carbocycles. The van der Waals surface area contributed by atoms with Crippen molar-refractivity contribution in [2.24, 2.45) is 11.7 Å². The van der Waals surface area contributed by atoms with Gasteiger partial charge in [0.05, 0.1) is 11.2 Å². The summed E-state index contributed by atoms with van der Waals surface area (Å²) in [6, 6.07) is 0. The normalized spacial score (nSPS) is 27.9. The topological polar surface area (TPSA) is 64.9 Å². The zero-order valence-electron chi connectivity index (χ0n) is 12.2. The molecular weight excluding hydrogens is 258 g/mol. The van der Waals surface area contributed by atoms with E-state index in [0.29, 0.717) is 11.8 Å². The minimum absolute atomic E-state index is 0.0692. The number of nitrogens with two attached hydrogens (primary N) is 1. The van der Waals surface area contributed by atoms with Gasteiger partial charge in [-0.05, 0) is 36.9 Å². The van der Waals surface area contributed by atoms with Crippen molar-refractivity contribution >= 4 is 11.8 Å². The smallest absolute Gasteiger partial charge is 0.234 e.